The molecule has 2 aromatic rings. The highest BCUT2D eigenvalue weighted by atomic mass is 16.5. The number of benzene rings is 1. The van der Waals surface area contributed by atoms with Gasteiger partial charge in [0.15, 0.2) is 0 Å². The van der Waals surface area contributed by atoms with Crippen LogP contribution in [0.3, 0.4) is 0 Å². The summed E-state index contributed by atoms with van der Waals surface area (Å²) in [5, 5.41) is 6.74. The first-order valence-electron chi connectivity index (χ1n) is 6.99. The molecule has 0 spiro atoms. The molecule has 8 nitrogen and oxygen atoms in total. The summed E-state index contributed by atoms with van der Waals surface area (Å²) in [6, 6.07) is 4.17. The van der Waals surface area contributed by atoms with Crippen molar-refractivity contribution in [3.63, 3.8) is 0 Å². The van der Waals surface area contributed by atoms with E-state index in [4.69, 9.17) is 0 Å². The van der Waals surface area contributed by atoms with Gasteiger partial charge in [0.2, 0.25) is 0 Å². The van der Waals surface area contributed by atoms with Crippen LogP contribution in [0.25, 0.3) is 0 Å². The van der Waals surface area contributed by atoms with Crippen molar-refractivity contribution in [3.05, 3.63) is 46.8 Å². The van der Waals surface area contributed by atoms with Crippen LogP contribution in [0.1, 0.15) is 36.8 Å². The predicted molar refractivity (Wildman–Crippen MR) is 85.0 cm³/mol. The smallest absolute Gasteiger partial charge is 0.337 e. The number of rotatable bonds is 4. The Labute approximate surface area is 138 Å². The van der Waals surface area contributed by atoms with Crippen LogP contribution in [0.4, 0.5) is 5.69 Å². The van der Waals surface area contributed by atoms with Gasteiger partial charge in [0.1, 0.15) is 0 Å². The van der Waals surface area contributed by atoms with E-state index in [0.29, 0.717) is 11.3 Å². The monoisotopic (exact) mass is 331 g/mol. The Kier molecular flexibility index (Phi) is 4.98. The Balaban J connectivity index is 2.38. The zero-order valence-corrected chi connectivity index (χ0v) is 13.7. The standard InChI is InChI=1S/C16H17N3O5/c1-9-13(8-19(2)18-9)14(20)17-12-6-10(15(21)23-3)5-11(7-12)16(22)24-4/h5-8H,1-4H3,(H,17,20). The molecule has 0 aliphatic carbocycles. The molecule has 1 heterocycles. The Bertz CT molecular complexity index is 776. The number of esters is 2. The van der Waals surface area contributed by atoms with Crippen molar-refractivity contribution in [1.29, 1.82) is 0 Å². The average molecular weight is 331 g/mol. The Hall–Kier alpha value is -3.16. The second kappa shape index (κ2) is 6.95. The normalized spacial score (nSPS) is 10.2. The molecule has 0 atom stereocenters. The SMILES string of the molecule is COC(=O)c1cc(NC(=O)c2cn(C)nc2C)cc(C(=O)OC)c1. The third-order valence-corrected chi connectivity index (χ3v) is 3.29. The number of ether oxygens (including phenoxy) is 2. The first kappa shape index (κ1) is 17.2. The number of methoxy groups -OCH3 is 2. The zero-order chi connectivity index (χ0) is 17.9. The summed E-state index contributed by atoms with van der Waals surface area (Å²) in [5.41, 5.74) is 1.47. The average Bonchev–Trinajstić information content (AvgIpc) is 2.91. The zero-order valence-electron chi connectivity index (χ0n) is 13.7. The fourth-order valence-electron chi connectivity index (χ4n) is 2.19. The topological polar surface area (TPSA) is 99.5 Å². The number of anilines is 1. The fraction of sp³-hybridized carbons (Fsp3) is 0.250. The van der Waals surface area contributed by atoms with E-state index in [-0.39, 0.29) is 16.8 Å². The third-order valence-electron chi connectivity index (χ3n) is 3.29. The molecule has 8 heteroatoms. The number of nitrogens with zero attached hydrogens (tertiary/aromatic N) is 2. The van der Waals surface area contributed by atoms with Crippen LogP contribution in [0.5, 0.6) is 0 Å². The van der Waals surface area contributed by atoms with E-state index in [2.05, 4.69) is 19.9 Å². The molecule has 1 aromatic heterocycles. The molecular weight excluding hydrogens is 314 g/mol. The van der Waals surface area contributed by atoms with Crippen LogP contribution in [-0.4, -0.2) is 41.8 Å². The quantitative estimate of drug-likeness (QED) is 0.853. The van der Waals surface area contributed by atoms with E-state index >= 15 is 0 Å². The maximum absolute atomic E-state index is 12.4. The van der Waals surface area contributed by atoms with Gasteiger partial charge in [0.25, 0.3) is 5.91 Å². The van der Waals surface area contributed by atoms with E-state index in [1.807, 2.05) is 0 Å². The van der Waals surface area contributed by atoms with Crippen LogP contribution < -0.4 is 5.32 Å². The highest BCUT2D eigenvalue weighted by molar-refractivity contribution is 6.06. The van der Waals surface area contributed by atoms with Crippen LogP contribution >= 0.6 is 0 Å². The first-order chi connectivity index (χ1) is 11.3. The fourth-order valence-corrected chi connectivity index (χ4v) is 2.19. The number of carbonyl (C=O) groups excluding carboxylic acids is 3. The Morgan fingerprint density at radius 2 is 1.58 bits per heavy atom. The Morgan fingerprint density at radius 1 is 1.04 bits per heavy atom. The molecule has 1 N–H and O–H groups in total. The minimum atomic E-state index is -0.631. The maximum Gasteiger partial charge on any atom is 0.337 e. The lowest BCUT2D eigenvalue weighted by molar-refractivity contribution is 0.0599. The van der Waals surface area contributed by atoms with Gasteiger partial charge in [-0.1, -0.05) is 0 Å². The highest BCUT2D eigenvalue weighted by Gasteiger charge is 2.17. The van der Waals surface area contributed by atoms with Crippen LogP contribution in [0, 0.1) is 6.92 Å². The van der Waals surface area contributed by atoms with Gasteiger partial charge in [-0.05, 0) is 25.1 Å². The minimum absolute atomic E-state index is 0.124. The summed E-state index contributed by atoms with van der Waals surface area (Å²) in [6.07, 6.45) is 1.58. The molecule has 0 aliphatic heterocycles. The van der Waals surface area contributed by atoms with Crippen molar-refractivity contribution in [2.45, 2.75) is 6.92 Å². The van der Waals surface area contributed by atoms with Crippen molar-refractivity contribution in [2.24, 2.45) is 7.05 Å². The number of hydrogen-bond donors (Lipinski definition) is 1. The summed E-state index contributed by atoms with van der Waals surface area (Å²) >= 11 is 0. The van der Waals surface area contributed by atoms with Crippen molar-refractivity contribution >= 4 is 23.5 Å². The largest absolute Gasteiger partial charge is 0.465 e. The number of aromatic nitrogens is 2. The van der Waals surface area contributed by atoms with Crippen LogP contribution in [-0.2, 0) is 16.5 Å². The second-order valence-corrected chi connectivity index (χ2v) is 5.04. The van der Waals surface area contributed by atoms with Gasteiger partial charge in [-0.15, -0.1) is 0 Å². The lowest BCUT2D eigenvalue weighted by Crippen LogP contribution is -2.14. The van der Waals surface area contributed by atoms with Gasteiger partial charge in [-0.3, -0.25) is 9.48 Å². The second-order valence-electron chi connectivity index (χ2n) is 5.04. The van der Waals surface area contributed by atoms with Crippen molar-refractivity contribution in [3.8, 4) is 0 Å². The van der Waals surface area contributed by atoms with Gasteiger partial charge in [-0.25, -0.2) is 9.59 Å². The van der Waals surface area contributed by atoms with E-state index in [1.54, 1.807) is 20.2 Å². The van der Waals surface area contributed by atoms with Gasteiger partial charge < -0.3 is 14.8 Å². The predicted octanol–water partition coefficient (Wildman–Crippen LogP) is 1.55. The molecule has 126 valence electrons. The number of amides is 1. The number of hydrogen-bond acceptors (Lipinski definition) is 6. The molecule has 2 rings (SSSR count). The third kappa shape index (κ3) is 3.60. The van der Waals surface area contributed by atoms with Gasteiger partial charge in [-0.2, -0.15) is 5.10 Å². The molecule has 1 aromatic carbocycles. The van der Waals surface area contributed by atoms with Crippen molar-refractivity contribution in [2.75, 3.05) is 19.5 Å². The molecule has 0 saturated carbocycles. The van der Waals surface area contributed by atoms with E-state index in [0.717, 1.165) is 0 Å². The summed E-state index contributed by atoms with van der Waals surface area (Å²) in [6.45, 7) is 1.71. The van der Waals surface area contributed by atoms with Gasteiger partial charge >= 0.3 is 11.9 Å². The van der Waals surface area contributed by atoms with Gasteiger partial charge in [0, 0.05) is 18.9 Å². The maximum atomic E-state index is 12.4. The number of nitrogens with one attached hydrogen (secondary N) is 1. The summed E-state index contributed by atoms with van der Waals surface area (Å²) < 4.78 is 10.8. The molecule has 1 amide bonds. The van der Waals surface area contributed by atoms with E-state index in [9.17, 15) is 14.4 Å². The lowest BCUT2D eigenvalue weighted by atomic mass is 10.1. The molecule has 24 heavy (non-hydrogen) atoms. The molecule has 0 aliphatic rings. The lowest BCUT2D eigenvalue weighted by Gasteiger charge is -2.09. The number of aryl methyl sites for hydroxylation is 2. The summed E-state index contributed by atoms with van der Waals surface area (Å²) in [5.74, 6) is -1.67. The van der Waals surface area contributed by atoms with E-state index < -0.39 is 17.8 Å². The van der Waals surface area contributed by atoms with Crippen LogP contribution in [0.2, 0.25) is 0 Å². The molecule has 0 radical (unpaired) electrons. The summed E-state index contributed by atoms with van der Waals surface area (Å²) in [7, 11) is 4.16. The highest BCUT2D eigenvalue weighted by Crippen LogP contribution is 2.18. The van der Waals surface area contributed by atoms with Crippen molar-refractivity contribution in [1.82, 2.24) is 9.78 Å². The van der Waals surface area contributed by atoms with Crippen LogP contribution in [0.15, 0.2) is 24.4 Å². The molecule has 0 fully saturated rings. The van der Waals surface area contributed by atoms with Gasteiger partial charge in [0.05, 0.1) is 36.6 Å². The number of carbonyl (C=O) groups is 3. The molecule has 0 saturated heterocycles. The van der Waals surface area contributed by atoms with E-state index in [1.165, 1.54) is 37.1 Å². The minimum Gasteiger partial charge on any atom is -0.465 e. The molecule has 0 unspecified atom stereocenters. The van der Waals surface area contributed by atoms with Crippen molar-refractivity contribution < 1.29 is 23.9 Å². The Morgan fingerprint density at radius 3 is 2.00 bits per heavy atom. The first-order valence-corrected chi connectivity index (χ1v) is 6.99. The molecular formula is C16H17N3O5. The summed E-state index contributed by atoms with van der Waals surface area (Å²) in [4.78, 5) is 35.8. The molecule has 0 bridgehead atoms.